The molecule has 0 atom stereocenters. The summed E-state index contributed by atoms with van der Waals surface area (Å²) in [6, 6.07) is 0. The molecule has 0 aromatic rings. The normalized spacial score (nSPS) is 12.1. The van der Waals surface area contributed by atoms with Gasteiger partial charge < -0.3 is 0 Å². The Hall–Kier alpha value is 0.820. The van der Waals surface area contributed by atoms with Crippen molar-refractivity contribution >= 4 is 49.8 Å². The van der Waals surface area contributed by atoms with Crippen molar-refractivity contribution in [3.63, 3.8) is 0 Å². The Morgan fingerprint density at radius 3 is 0.667 bits per heavy atom. The van der Waals surface area contributed by atoms with E-state index in [2.05, 4.69) is 0 Å². The van der Waals surface area contributed by atoms with Crippen molar-refractivity contribution in [3.05, 3.63) is 0 Å². The fraction of sp³-hybridized carbons (Fsp3) is 1.00. The fourth-order valence-electron chi connectivity index (χ4n) is 3.04. The van der Waals surface area contributed by atoms with Crippen molar-refractivity contribution in [2.45, 2.75) is 103 Å². The molecule has 0 aliphatic rings. The molecule has 2 N–H and O–H groups in total. The van der Waals surface area contributed by atoms with Gasteiger partial charge in [0.25, 0.3) is 20.2 Å². The van der Waals surface area contributed by atoms with Gasteiger partial charge in [-0.25, -0.2) is 0 Å². The number of hydrogen-bond donors (Lipinski definition) is 2. The third kappa shape index (κ3) is 29.1. The van der Waals surface area contributed by atoms with Gasteiger partial charge >= 0.3 is 29.6 Å². The topological polar surface area (TPSA) is 109 Å². The van der Waals surface area contributed by atoms with Gasteiger partial charge in [-0.05, 0) is 12.8 Å². The second kappa shape index (κ2) is 18.8. The van der Waals surface area contributed by atoms with Crippen LogP contribution in [0.4, 0.5) is 0 Å². The Kier molecular flexibility index (Phi) is 20.9. The van der Waals surface area contributed by atoms with Crippen LogP contribution in [-0.4, -0.2) is 67.0 Å². The maximum atomic E-state index is 10.6. The van der Waals surface area contributed by atoms with Gasteiger partial charge in [-0.1, -0.05) is 89.9 Å². The van der Waals surface area contributed by atoms with E-state index in [1.807, 2.05) is 0 Å². The van der Waals surface area contributed by atoms with Crippen LogP contribution in [0.15, 0.2) is 0 Å². The molecule has 9 heteroatoms. The summed E-state index contributed by atoms with van der Waals surface area (Å²) in [6.45, 7) is 0. The Morgan fingerprint density at radius 1 is 0.370 bits per heavy atom. The summed E-state index contributed by atoms with van der Waals surface area (Å²) in [7, 11) is -7.56. The van der Waals surface area contributed by atoms with Gasteiger partial charge in [-0.3, -0.25) is 9.11 Å². The minimum absolute atomic E-state index is 0. The van der Waals surface area contributed by atoms with E-state index in [1.165, 1.54) is 51.4 Å². The molecule has 0 aliphatic carbocycles. The molecule has 0 saturated heterocycles. The van der Waals surface area contributed by atoms with Crippen molar-refractivity contribution in [3.8, 4) is 0 Å². The molecule has 0 rings (SSSR count). The Bertz CT molecular complexity index is 472. The molecule has 0 bridgehead atoms. The van der Waals surface area contributed by atoms with E-state index in [4.69, 9.17) is 9.11 Å². The average molecular weight is 439 g/mol. The van der Waals surface area contributed by atoms with Gasteiger partial charge in [0, 0.05) is 0 Å². The van der Waals surface area contributed by atoms with Crippen LogP contribution in [-0.2, 0) is 20.2 Å². The zero-order valence-corrected chi connectivity index (χ0v) is 17.7. The van der Waals surface area contributed by atoms with Crippen LogP contribution >= 0.6 is 0 Å². The van der Waals surface area contributed by atoms with Gasteiger partial charge in [-0.2, -0.15) is 16.8 Å². The van der Waals surface area contributed by atoms with E-state index in [0.717, 1.165) is 38.5 Å². The van der Waals surface area contributed by atoms with E-state index >= 15 is 0 Å². The SMILES string of the molecule is O=S(=O)(O)CCCCCCCCCCCCCCCCCCS(=O)(=O)O.[NaH]. The first-order valence-electron chi connectivity index (χ1n) is 10.1. The van der Waals surface area contributed by atoms with Crippen molar-refractivity contribution in [1.29, 1.82) is 0 Å². The standard InChI is InChI=1S/C18H38O6S2.Na.H/c19-25(20,21)17-15-13-11-9-7-5-3-1-2-4-6-8-10-12-14-16-18-26(22,23)24;;/h1-18H2,(H,19,20,21)(H,22,23,24);;. The van der Waals surface area contributed by atoms with E-state index in [-0.39, 0.29) is 41.1 Å². The molecule has 0 fully saturated rings. The van der Waals surface area contributed by atoms with Gasteiger partial charge in [0.2, 0.25) is 0 Å². The Morgan fingerprint density at radius 2 is 0.519 bits per heavy atom. The summed E-state index contributed by atoms with van der Waals surface area (Å²) < 4.78 is 59.4. The second-order valence-electron chi connectivity index (χ2n) is 7.23. The molecular weight excluding hydrogens is 399 g/mol. The molecule has 0 aromatic heterocycles. The van der Waals surface area contributed by atoms with Gasteiger partial charge in [0.1, 0.15) is 0 Å². The zero-order chi connectivity index (χ0) is 19.7. The van der Waals surface area contributed by atoms with E-state index in [0.29, 0.717) is 12.8 Å². The zero-order valence-electron chi connectivity index (χ0n) is 16.1. The monoisotopic (exact) mass is 438 g/mol. The molecule has 27 heavy (non-hydrogen) atoms. The van der Waals surface area contributed by atoms with Gasteiger partial charge in [-0.15, -0.1) is 0 Å². The Balaban J connectivity index is 0. The van der Waals surface area contributed by atoms with Gasteiger partial charge in [0.15, 0.2) is 0 Å². The molecule has 6 nitrogen and oxygen atoms in total. The minimum atomic E-state index is -3.78. The van der Waals surface area contributed by atoms with Crippen LogP contribution in [0.25, 0.3) is 0 Å². The van der Waals surface area contributed by atoms with E-state index in [1.54, 1.807) is 0 Å². The van der Waals surface area contributed by atoms with Crippen molar-refractivity contribution in [1.82, 2.24) is 0 Å². The van der Waals surface area contributed by atoms with E-state index in [9.17, 15) is 16.8 Å². The van der Waals surface area contributed by atoms with Crippen LogP contribution in [0, 0.1) is 0 Å². The molecule has 0 amide bonds. The quantitative estimate of drug-likeness (QED) is 0.176. The number of unbranched alkanes of at least 4 members (excludes halogenated alkanes) is 15. The molecule has 160 valence electrons. The molecular formula is C18H39NaO6S2. The van der Waals surface area contributed by atoms with Crippen LogP contribution in [0.3, 0.4) is 0 Å². The summed E-state index contributed by atoms with van der Waals surface area (Å²) in [4.78, 5) is 0. The third-order valence-electron chi connectivity index (χ3n) is 4.55. The molecule has 0 heterocycles. The summed E-state index contributed by atoms with van der Waals surface area (Å²) in [5.74, 6) is -0.227. The first-order valence-corrected chi connectivity index (χ1v) is 13.3. The van der Waals surface area contributed by atoms with Crippen molar-refractivity contribution in [2.24, 2.45) is 0 Å². The van der Waals surface area contributed by atoms with Gasteiger partial charge in [0.05, 0.1) is 11.5 Å². The summed E-state index contributed by atoms with van der Waals surface area (Å²) >= 11 is 0. The molecule has 0 aliphatic heterocycles. The second-order valence-corrected chi connectivity index (χ2v) is 10.4. The van der Waals surface area contributed by atoms with Crippen molar-refractivity contribution in [2.75, 3.05) is 11.5 Å². The molecule has 0 unspecified atom stereocenters. The summed E-state index contributed by atoms with van der Waals surface area (Å²) in [5, 5.41) is 0. The third-order valence-corrected chi connectivity index (χ3v) is 6.16. The van der Waals surface area contributed by atoms with Crippen LogP contribution in [0.1, 0.15) is 103 Å². The fourth-order valence-corrected chi connectivity index (χ4v) is 4.18. The van der Waals surface area contributed by atoms with Crippen LogP contribution in [0.5, 0.6) is 0 Å². The summed E-state index contributed by atoms with van der Waals surface area (Å²) in [6.07, 6.45) is 17.2. The number of hydrogen-bond acceptors (Lipinski definition) is 4. The number of rotatable bonds is 19. The molecule has 0 spiro atoms. The average Bonchev–Trinajstić information content (AvgIpc) is 2.51. The first-order chi connectivity index (χ1) is 12.2. The first kappa shape index (κ1) is 30.0. The molecule has 0 radical (unpaired) electrons. The Labute approximate surface area is 189 Å². The maximum absolute atomic E-state index is 10.6. The summed E-state index contributed by atoms with van der Waals surface area (Å²) in [5.41, 5.74) is 0. The van der Waals surface area contributed by atoms with Crippen LogP contribution < -0.4 is 0 Å². The molecule has 0 saturated carbocycles. The molecule has 0 aromatic carbocycles. The van der Waals surface area contributed by atoms with Crippen LogP contribution in [0.2, 0.25) is 0 Å². The predicted octanol–water partition coefficient (Wildman–Crippen LogP) is 4.36. The van der Waals surface area contributed by atoms with Crippen molar-refractivity contribution < 1.29 is 25.9 Å². The van der Waals surface area contributed by atoms with E-state index < -0.39 is 20.2 Å². The predicted molar refractivity (Wildman–Crippen MR) is 114 cm³/mol.